The average molecular weight is 319 g/mol. The van der Waals surface area contributed by atoms with Crippen LogP contribution < -0.4 is 0 Å². The molecule has 1 saturated carbocycles. The summed E-state index contributed by atoms with van der Waals surface area (Å²) in [5, 5.41) is 10.2. The second kappa shape index (κ2) is 7.40. The normalized spacial score (nSPS) is 32.6. The number of nitrogens with zero attached hydrogens (tertiary/aromatic N) is 1. The van der Waals surface area contributed by atoms with Crippen molar-refractivity contribution in [3.63, 3.8) is 0 Å². The summed E-state index contributed by atoms with van der Waals surface area (Å²) in [6.07, 6.45) is 6.96. The highest BCUT2D eigenvalue weighted by Gasteiger charge is 2.32. The van der Waals surface area contributed by atoms with Crippen LogP contribution in [0.1, 0.15) is 45.4 Å². The van der Waals surface area contributed by atoms with E-state index in [0.717, 1.165) is 45.1 Å². The van der Waals surface area contributed by atoms with E-state index in [1.54, 1.807) is 4.31 Å². The van der Waals surface area contributed by atoms with Gasteiger partial charge in [-0.05, 0) is 57.3 Å². The van der Waals surface area contributed by atoms with Gasteiger partial charge in [-0.3, -0.25) is 0 Å². The molecule has 5 nitrogen and oxygen atoms in total. The van der Waals surface area contributed by atoms with Crippen LogP contribution in [0, 0.1) is 11.8 Å². The van der Waals surface area contributed by atoms with Crippen LogP contribution in [-0.2, 0) is 14.8 Å². The maximum Gasteiger partial charge on any atom is 0.211 e. The predicted octanol–water partition coefficient (Wildman–Crippen LogP) is 1.61. The number of piperidine rings is 1. The van der Waals surface area contributed by atoms with Crippen LogP contribution >= 0.6 is 0 Å². The summed E-state index contributed by atoms with van der Waals surface area (Å²) in [6, 6.07) is 0. The third-order valence-corrected chi connectivity index (χ3v) is 6.03. The lowest BCUT2D eigenvalue weighted by molar-refractivity contribution is -0.0401. The molecule has 2 rings (SSSR count). The van der Waals surface area contributed by atoms with Crippen molar-refractivity contribution in [2.75, 3.05) is 26.0 Å². The minimum Gasteiger partial charge on any atom is -0.393 e. The Morgan fingerprint density at radius 2 is 1.95 bits per heavy atom. The second-order valence-electron chi connectivity index (χ2n) is 6.67. The highest BCUT2D eigenvalue weighted by atomic mass is 32.2. The Labute approximate surface area is 128 Å². The molecule has 1 aliphatic carbocycles. The van der Waals surface area contributed by atoms with E-state index in [2.05, 4.69) is 0 Å². The molecule has 1 heterocycles. The van der Waals surface area contributed by atoms with Gasteiger partial charge in [-0.15, -0.1) is 0 Å². The van der Waals surface area contributed by atoms with Crippen LogP contribution in [0.2, 0.25) is 0 Å². The molecule has 0 aromatic rings. The fourth-order valence-electron chi connectivity index (χ4n) is 3.63. The van der Waals surface area contributed by atoms with Crippen LogP contribution in [0.4, 0.5) is 0 Å². The molecule has 21 heavy (non-hydrogen) atoms. The Hall–Kier alpha value is -0.170. The standard InChI is InChI=1S/C15H29NO4S/c1-3-20-15-9-13(10-15)8-14(17)7-12-5-4-6-16(11-12)21(2,18)19/h12-15,17H,3-11H2,1-2H3. The van der Waals surface area contributed by atoms with Crippen LogP contribution in [0.15, 0.2) is 0 Å². The molecule has 6 heteroatoms. The molecule has 1 aliphatic heterocycles. The van der Waals surface area contributed by atoms with E-state index >= 15 is 0 Å². The summed E-state index contributed by atoms with van der Waals surface area (Å²) < 4.78 is 30.3. The van der Waals surface area contributed by atoms with Crippen molar-refractivity contribution >= 4 is 10.0 Å². The van der Waals surface area contributed by atoms with Gasteiger partial charge in [0.05, 0.1) is 18.5 Å². The smallest absolute Gasteiger partial charge is 0.211 e. The van der Waals surface area contributed by atoms with Crippen LogP contribution in [0.5, 0.6) is 0 Å². The maximum absolute atomic E-state index is 11.6. The van der Waals surface area contributed by atoms with Crippen molar-refractivity contribution < 1.29 is 18.3 Å². The topological polar surface area (TPSA) is 66.8 Å². The molecule has 2 aliphatic rings. The first-order chi connectivity index (χ1) is 9.88. The first-order valence-corrected chi connectivity index (χ1v) is 9.98. The Morgan fingerprint density at radius 1 is 1.29 bits per heavy atom. The van der Waals surface area contributed by atoms with E-state index in [9.17, 15) is 13.5 Å². The van der Waals surface area contributed by atoms with Gasteiger partial charge in [0.25, 0.3) is 0 Å². The lowest BCUT2D eigenvalue weighted by atomic mass is 9.77. The summed E-state index contributed by atoms with van der Waals surface area (Å²) in [5.74, 6) is 0.873. The molecule has 1 saturated heterocycles. The molecular weight excluding hydrogens is 290 g/mol. The number of hydrogen-bond acceptors (Lipinski definition) is 4. The maximum atomic E-state index is 11.6. The fraction of sp³-hybridized carbons (Fsp3) is 1.00. The second-order valence-corrected chi connectivity index (χ2v) is 8.65. The van der Waals surface area contributed by atoms with Gasteiger partial charge < -0.3 is 9.84 Å². The van der Waals surface area contributed by atoms with Crippen LogP contribution in [0.3, 0.4) is 0 Å². The summed E-state index contributed by atoms with van der Waals surface area (Å²) in [5.41, 5.74) is 0. The zero-order valence-corrected chi connectivity index (χ0v) is 14.0. The van der Waals surface area contributed by atoms with Gasteiger partial charge in [0.2, 0.25) is 10.0 Å². The zero-order valence-electron chi connectivity index (χ0n) is 13.2. The molecule has 2 atom stereocenters. The monoisotopic (exact) mass is 319 g/mol. The molecule has 2 fully saturated rings. The minimum atomic E-state index is -3.09. The number of aliphatic hydroxyl groups excluding tert-OH is 1. The Morgan fingerprint density at radius 3 is 2.57 bits per heavy atom. The fourth-order valence-corrected chi connectivity index (χ4v) is 4.57. The number of aliphatic hydroxyl groups is 1. The molecule has 0 aromatic carbocycles. The number of rotatable bonds is 7. The highest BCUT2D eigenvalue weighted by Crippen LogP contribution is 2.35. The molecule has 0 bridgehead atoms. The zero-order chi connectivity index (χ0) is 15.5. The molecule has 0 spiro atoms. The van der Waals surface area contributed by atoms with E-state index < -0.39 is 10.0 Å². The molecule has 0 radical (unpaired) electrons. The molecule has 124 valence electrons. The largest absolute Gasteiger partial charge is 0.393 e. The van der Waals surface area contributed by atoms with E-state index in [-0.39, 0.29) is 6.10 Å². The van der Waals surface area contributed by atoms with Gasteiger partial charge in [0, 0.05) is 19.7 Å². The van der Waals surface area contributed by atoms with Crippen LogP contribution in [-0.4, -0.2) is 56.0 Å². The summed E-state index contributed by atoms with van der Waals surface area (Å²) in [7, 11) is -3.09. The third-order valence-electron chi connectivity index (χ3n) is 4.76. The average Bonchev–Trinajstić information content (AvgIpc) is 2.35. The van der Waals surface area contributed by atoms with E-state index in [1.807, 2.05) is 6.92 Å². The quantitative estimate of drug-likeness (QED) is 0.774. The summed E-state index contributed by atoms with van der Waals surface area (Å²) >= 11 is 0. The van der Waals surface area contributed by atoms with Crippen molar-refractivity contribution in [3.8, 4) is 0 Å². The number of ether oxygens (including phenoxy) is 1. The highest BCUT2D eigenvalue weighted by molar-refractivity contribution is 7.88. The molecule has 0 aromatic heterocycles. The van der Waals surface area contributed by atoms with Crippen molar-refractivity contribution in [1.29, 1.82) is 0 Å². The molecule has 1 N–H and O–H groups in total. The van der Waals surface area contributed by atoms with Crippen molar-refractivity contribution in [1.82, 2.24) is 4.31 Å². The Bertz CT molecular complexity index is 419. The Balaban J connectivity index is 1.69. The minimum absolute atomic E-state index is 0.297. The van der Waals surface area contributed by atoms with Gasteiger partial charge >= 0.3 is 0 Å². The van der Waals surface area contributed by atoms with Gasteiger partial charge in [-0.2, -0.15) is 0 Å². The first-order valence-electron chi connectivity index (χ1n) is 8.13. The van der Waals surface area contributed by atoms with Gasteiger partial charge in [0.15, 0.2) is 0 Å². The van der Waals surface area contributed by atoms with Gasteiger partial charge in [-0.1, -0.05) is 0 Å². The van der Waals surface area contributed by atoms with E-state index in [1.165, 1.54) is 6.26 Å². The summed E-state index contributed by atoms with van der Waals surface area (Å²) in [6.45, 7) is 3.98. The number of hydrogen-bond donors (Lipinski definition) is 1. The van der Waals surface area contributed by atoms with E-state index in [0.29, 0.717) is 31.0 Å². The number of sulfonamides is 1. The lowest BCUT2D eigenvalue weighted by Crippen LogP contribution is -2.40. The first kappa shape index (κ1) is 17.2. The van der Waals surface area contributed by atoms with Crippen molar-refractivity contribution in [2.45, 2.75) is 57.7 Å². The van der Waals surface area contributed by atoms with Gasteiger partial charge in [-0.25, -0.2) is 12.7 Å². The molecular formula is C15H29NO4S. The molecule has 0 amide bonds. The van der Waals surface area contributed by atoms with Crippen LogP contribution in [0.25, 0.3) is 0 Å². The lowest BCUT2D eigenvalue weighted by Gasteiger charge is -2.37. The third kappa shape index (κ3) is 5.20. The van der Waals surface area contributed by atoms with Crippen molar-refractivity contribution in [2.24, 2.45) is 11.8 Å². The SMILES string of the molecule is CCOC1CC(CC(O)CC2CCCN(S(C)(=O)=O)C2)C1. The molecule has 2 unspecified atom stereocenters. The Kier molecular flexibility index (Phi) is 6.05. The summed E-state index contributed by atoms with van der Waals surface area (Å²) in [4.78, 5) is 0. The van der Waals surface area contributed by atoms with Crippen molar-refractivity contribution in [3.05, 3.63) is 0 Å². The predicted molar refractivity (Wildman–Crippen MR) is 82.5 cm³/mol. The van der Waals surface area contributed by atoms with E-state index in [4.69, 9.17) is 4.74 Å². The van der Waals surface area contributed by atoms with Gasteiger partial charge in [0.1, 0.15) is 0 Å².